The number of fused-ring (bicyclic) bond motifs is 1. The van der Waals surface area contributed by atoms with Crippen molar-refractivity contribution in [1.29, 1.82) is 0 Å². The summed E-state index contributed by atoms with van der Waals surface area (Å²) >= 11 is 0. The topological polar surface area (TPSA) is 84.6 Å². The van der Waals surface area contributed by atoms with Gasteiger partial charge >= 0.3 is 0 Å². The number of amides is 1. The van der Waals surface area contributed by atoms with E-state index in [9.17, 15) is 4.79 Å². The van der Waals surface area contributed by atoms with Gasteiger partial charge in [0, 0.05) is 74.9 Å². The molecule has 0 radical (unpaired) electrons. The molecule has 1 saturated heterocycles. The Morgan fingerprint density at radius 3 is 3.11 bits per heavy atom. The van der Waals surface area contributed by atoms with Gasteiger partial charge < -0.3 is 19.1 Å². The van der Waals surface area contributed by atoms with E-state index in [0.29, 0.717) is 31.0 Å². The lowest BCUT2D eigenvalue weighted by Crippen LogP contribution is -2.29. The molecule has 4 heterocycles. The van der Waals surface area contributed by atoms with Gasteiger partial charge in [-0.15, -0.1) is 0 Å². The van der Waals surface area contributed by atoms with Crippen molar-refractivity contribution < 1.29 is 14.1 Å². The number of rotatable bonds is 5. The summed E-state index contributed by atoms with van der Waals surface area (Å²) in [6.07, 6.45) is 4.79. The molecule has 2 aromatic heterocycles. The smallest absolute Gasteiger partial charge is 0.254 e. The van der Waals surface area contributed by atoms with Gasteiger partial charge in [-0.2, -0.15) is 0 Å². The average molecular weight is 371 g/mol. The number of hydrogen-bond acceptors (Lipinski definition) is 7. The fourth-order valence-corrected chi connectivity index (χ4v) is 3.76. The van der Waals surface area contributed by atoms with Crippen LogP contribution < -0.4 is 4.74 Å². The van der Waals surface area contributed by atoms with Crippen molar-refractivity contribution in [3.05, 3.63) is 35.1 Å². The molecule has 1 atom stereocenters. The van der Waals surface area contributed by atoms with Gasteiger partial charge in [-0.3, -0.25) is 4.79 Å². The number of aryl methyl sites for hydroxylation is 1. The number of likely N-dealkylation sites (N-methyl/N-ethyl adjacent to an activating group) is 1. The van der Waals surface area contributed by atoms with Crippen molar-refractivity contribution >= 4 is 5.91 Å². The first kappa shape index (κ1) is 17.9. The highest BCUT2D eigenvalue weighted by molar-refractivity contribution is 5.76. The maximum Gasteiger partial charge on any atom is 0.254 e. The zero-order valence-corrected chi connectivity index (χ0v) is 15.8. The van der Waals surface area contributed by atoms with Gasteiger partial charge in [-0.05, 0) is 18.6 Å². The zero-order chi connectivity index (χ0) is 18.8. The van der Waals surface area contributed by atoms with Crippen molar-refractivity contribution in [1.82, 2.24) is 24.9 Å². The van der Waals surface area contributed by atoms with E-state index in [4.69, 9.17) is 14.2 Å². The first-order chi connectivity index (χ1) is 13.1. The zero-order valence-electron chi connectivity index (χ0n) is 15.8. The van der Waals surface area contributed by atoms with E-state index in [-0.39, 0.29) is 11.8 Å². The van der Waals surface area contributed by atoms with Gasteiger partial charge in [0.15, 0.2) is 0 Å². The summed E-state index contributed by atoms with van der Waals surface area (Å²) in [6.45, 7) is 3.39. The minimum Gasteiger partial charge on any atom is -0.479 e. The monoisotopic (exact) mass is 371 g/mol. The summed E-state index contributed by atoms with van der Waals surface area (Å²) in [5, 5.41) is 3.76. The quantitative estimate of drug-likeness (QED) is 0.785. The van der Waals surface area contributed by atoms with Crippen LogP contribution in [0.4, 0.5) is 0 Å². The second kappa shape index (κ2) is 7.64. The molecule has 8 heteroatoms. The van der Waals surface area contributed by atoms with Crippen LogP contribution in [0.25, 0.3) is 0 Å². The summed E-state index contributed by atoms with van der Waals surface area (Å²) in [5.41, 5.74) is 2.39. The van der Waals surface area contributed by atoms with Crippen LogP contribution in [-0.2, 0) is 24.2 Å². The van der Waals surface area contributed by atoms with E-state index in [2.05, 4.69) is 22.1 Å². The van der Waals surface area contributed by atoms with E-state index in [1.54, 1.807) is 6.07 Å². The Labute approximate surface area is 158 Å². The highest BCUT2D eigenvalue weighted by Gasteiger charge is 2.30. The molecule has 0 spiro atoms. The predicted molar refractivity (Wildman–Crippen MR) is 97.4 cm³/mol. The predicted octanol–water partition coefficient (Wildman–Crippen LogP) is 1.41. The van der Waals surface area contributed by atoms with Gasteiger partial charge in [-0.25, -0.2) is 9.97 Å². The Kier molecular flexibility index (Phi) is 5.07. The molecule has 2 aromatic rings. The van der Waals surface area contributed by atoms with Crippen molar-refractivity contribution in [3.63, 3.8) is 0 Å². The van der Waals surface area contributed by atoms with E-state index < -0.39 is 0 Å². The van der Waals surface area contributed by atoms with Crippen LogP contribution in [0.1, 0.15) is 41.6 Å². The number of hydrogen-bond donors (Lipinski definition) is 0. The maximum atomic E-state index is 12.5. The third-order valence-corrected chi connectivity index (χ3v) is 5.38. The molecule has 2 aliphatic rings. The van der Waals surface area contributed by atoms with Gasteiger partial charge in [0.25, 0.3) is 5.88 Å². The molecule has 2 aliphatic heterocycles. The van der Waals surface area contributed by atoms with Crippen LogP contribution in [0, 0.1) is 0 Å². The molecule has 27 heavy (non-hydrogen) atoms. The lowest BCUT2D eigenvalue weighted by atomic mass is 10.1. The number of carbonyl (C=O) groups excluding carboxylic acids is 1. The minimum atomic E-state index is 0.132. The van der Waals surface area contributed by atoms with Crippen LogP contribution >= 0.6 is 0 Å². The van der Waals surface area contributed by atoms with E-state index in [1.807, 2.05) is 11.1 Å². The maximum absolute atomic E-state index is 12.5. The Bertz CT molecular complexity index is 821. The van der Waals surface area contributed by atoms with Gasteiger partial charge in [0.2, 0.25) is 5.91 Å². The van der Waals surface area contributed by atoms with Gasteiger partial charge in [-0.1, -0.05) is 0 Å². The van der Waals surface area contributed by atoms with Gasteiger partial charge in [0.05, 0.1) is 7.11 Å². The summed E-state index contributed by atoms with van der Waals surface area (Å²) < 4.78 is 10.1. The molecule has 0 N–H and O–H groups in total. The normalized spacial score (nSPS) is 19.9. The third-order valence-electron chi connectivity index (χ3n) is 5.38. The summed E-state index contributed by atoms with van der Waals surface area (Å²) in [6, 6.07) is 1.72. The Balaban J connectivity index is 1.33. The van der Waals surface area contributed by atoms with Crippen LogP contribution in [-0.4, -0.2) is 64.6 Å². The molecule has 0 saturated carbocycles. The van der Waals surface area contributed by atoms with Crippen LogP contribution in [0.5, 0.6) is 5.88 Å². The number of aromatic nitrogens is 3. The Hall–Kier alpha value is -2.48. The molecule has 144 valence electrons. The Morgan fingerprint density at radius 2 is 2.30 bits per heavy atom. The van der Waals surface area contributed by atoms with Crippen LogP contribution in [0.3, 0.4) is 0 Å². The molecular formula is C19H25N5O3. The third kappa shape index (κ3) is 3.95. The molecule has 4 rings (SSSR count). The second-order valence-electron chi connectivity index (χ2n) is 7.35. The lowest BCUT2D eigenvalue weighted by molar-refractivity contribution is -0.130. The van der Waals surface area contributed by atoms with Crippen molar-refractivity contribution in [2.45, 2.75) is 38.1 Å². The number of likely N-dealkylation sites (tertiary alicyclic amines) is 1. The molecule has 0 bridgehead atoms. The average Bonchev–Trinajstić information content (AvgIpc) is 3.35. The Morgan fingerprint density at radius 1 is 1.41 bits per heavy atom. The van der Waals surface area contributed by atoms with E-state index in [0.717, 1.165) is 38.3 Å². The molecule has 0 unspecified atom stereocenters. The van der Waals surface area contributed by atoms with Crippen LogP contribution in [0.2, 0.25) is 0 Å². The molecular weight excluding hydrogens is 346 g/mol. The lowest BCUT2D eigenvalue weighted by Gasteiger charge is -2.24. The fourth-order valence-electron chi connectivity index (χ4n) is 3.76. The number of methoxy groups -OCH3 is 1. The summed E-state index contributed by atoms with van der Waals surface area (Å²) in [4.78, 5) is 26.1. The fraction of sp³-hybridized carbons (Fsp3) is 0.579. The van der Waals surface area contributed by atoms with Gasteiger partial charge in [0.1, 0.15) is 11.6 Å². The SMILES string of the molecule is COc1cc(CCC(=O)N2CC[C@@H](c3ncc4c(n3)CCN(C)C4)C2)on1. The number of carbonyl (C=O) groups is 1. The molecule has 0 aliphatic carbocycles. The standard InChI is InChI=1S/C19H25N5O3/c1-23-7-6-16-14(11-23)10-20-19(21-16)13-5-8-24(12-13)18(25)4-3-15-9-17(26-2)22-27-15/h9-10,13H,3-8,11-12H2,1-2H3/t13-/m1/s1. The van der Waals surface area contributed by atoms with Crippen molar-refractivity contribution in [3.8, 4) is 5.88 Å². The van der Waals surface area contributed by atoms with E-state index >= 15 is 0 Å². The summed E-state index contributed by atoms with van der Waals surface area (Å²) in [5.74, 6) is 2.35. The number of ether oxygens (including phenoxy) is 1. The first-order valence-corrected chi connectivity index (χ1v) is 9.43. The summed E-state index contributed by atoms with van der Waals surface area (Å²) in [7, 11) is 3.66. The molecule has 0 aromatic carbocycles. The molecule has 1 fully saturated rings. The first-order valence-electron chi connectivity index (χ1n) is 9.43. The molecule has 1 amide bonds. The van der Waals surface area contributed by atoms with E-state index in [1.165, 1.54) is 18.4 Å². The number of nitrogens with zero attached hydrogens (tertiary/aromatic N) is 5. The second-order valence-corrected chi connectivity index (χ2v) is 7.35. The van der Waals surface area contributed by atoms with Crippen molar-refractivity contribution in [2.24, 2.45) is 0 Å². The molecule has 8 nitrogen and oxygen atoms in total. The van der Waals surface area contributed by atoms with Crippen molar-refractivity contribution in [2.75, 3.05) is 33.8 Å². The minimum absolute atomic E-state index is 0.132. The van der Waals surface area contributed by atoms with Crippen LogP contribution in [0.15, 0.2) is 16.8 Å². The largest absolute Gasteiger partial charge is 0.479 e. The highest BCUT2D eigenvalue weighted by atomic mass is 16.5. The highest BCUT2D eigenvalue weighted by Crippen LogP contribution is 2.27.